The molecule has 0 atom stereocenters. The Bertz CT molecular complexity index is 818. The van der Waals surface area contributed by atoms with Crippen molar-refractivity contribution in [2.24, 2.45) is 5.10 Å². The summed E-state index contributed by atoms with van der Waals surface area (Å²) in [6.07, 6.45) is 1.80. The first-order valence-corrected chi connectivity index (χ1v) is 7.50. The molecule has 0 amide bonds. The second-order valence-corrected chi connectivity index (χ2v) is 4.99. The van der Waals surface area contributed by atoms with Gasteiger partial charge >= 0.3 is 0 Å². The number of hydrazone groups is 1. The van der Waals surface area contributed by atoms with E-state index >= 15 is 0 Å². The highest BCUT2D eigenvalue weighted by Crippen LogP contribution is 2.29. The third kappa shape index (κ3) is 3.29. The van der Waals surface area contributed by atoms with E-state index in [0.717, 1.165) is 16.3 Å². The minimum Gasteiger partial charge on any atom is -0.476 e. The predicted octanol–water partition coefficient (Wildman–Crippen LogP) is 3.50. The Hall–Kier alpha value is -2.95. The summed E-state index contributed by atoms with van der Waals surface area (Å²) in [5, 5.41) is 16.5. The minimum absolute atomic E-state index is 0.548. The van der Waals surface area contributed by atoms with Crippen molar-refractivity contribution >= 4 is 22.8 Å². The maximum atomic E-state index is 5.55. The average molecular weight is 306 g/mol. The third-order valence-corrected chi connectivity index (χ3v) is 3.40. The smallest absolute Gasteiger partial charge is 0.241 e. The molecule has 1 heterocycles. The molecule has 1 aromatic heterocycles. The second kappa shape index (κ2) is 6.87. The fourth-order valence-electron chi connectivity index (χ4n) is 2.29. The van der Waals surface area contributed by atoms with Crippen LogP contribution >= 0.6 is 0 Å². The molecule has 0 radical (unpaired) electrons. The summed E-state index contributed by atoms with van der Waals surface area (Å²) in [5.74, 6) is 1.24. The summed E-state index contributed by atoms with van der Waals surface area (Å²) < 4.78 is 5.55. The fraction of sp³-hybridized carbons (Fsp3) is 0.167. The van der Waals surface area contributed by atoms with Gasteiger partial charge in [0.15, 0.2) is 5.82 Å². The number of hydrogen-bond donors (Lipinski definition) is 0. The maximum absolute atomic E-state index is 5.55. The molecule has 5 nitrogen and oxygen atoms in total. The number of fused-ring (bicyclic) bond motifs is 1. The highest BCUT2D eigenvalue weighted by molar-refractivity contribution is 5.95. The second-order valence-electron chi connectivity index (χ2n) is 4.99. The maximum Gasteiger partial charge on any atom is 0.241 e. The first kappa shape index (κ1) is 15.0. The summed E-state index contributed by atoms with van der Waals surface area (Å²) in [6, 6.07) is 17.8. The molecule has 0 aliphatic rings. The van der Waals surface area contributed by atoms with Crippen LogP contribution < -0.4 is 9.75 Å². The van der Waals surface area contributed by atoms with Gasteiger partial charge in [-0.25, -0.2) is 5.01 Å². The van der Waals surface area contributed by atoms with E-state index in [4.69, 9.17) is 4.74 Å². The number of ether oxygens (including phenoxy) is 1. The van der Waals surface area contributed by atoms with Crippen LogP contribution in [0.4, 0.5) is 5.82 Å². The zero-order valence-corrected chi connectivity index (χ0v) is 13.2. The standard InChI is InChI=1S/C18H18N4O/c1-3-23-18-16-12-8-7-11-15(16)17(20-21-18)22(2)19-13-14-9-5-4-6-10-14/h4-13H,3H2,1-2H3/b19-13+. The lowest BCUT2D eigenvalue weighted by atomic mass is 10.2. The van der Waals surface area contributed by atoms with Gasteiger partial charge in [0.1, 0.15) is 0 Å². The first-order chi connectivity index (χ1) is 11.3. The van der Waals surface area contributed by atoms with E-state index in [-0.39, 0.29) is 0 Å². The molecule has 0 spiro atoms. The molecule has 2 aromatic carbocycles. The molecule has 3 aromatic rings. The lowest BCUT2D eigenvalue weighted by Gasteiger charge is -2.15. The van der Waals surface area contributed by atoms with Crippen LogP contribution in [0.1, 0.15) is 12.5 Å². The van der Waals surface area contributed by atoms with Crippen molar-refractivity contribution in [2.75, 3.05) is 18.7 Å². The van der Waals surface area contributed by atoms with E-state index in [0.29, 0.717) is 18.3 Å². The molecule has 5 heteroatoms. The highest BCUT2D eigenvalue weighted by atomic mass is 16.5. The van der Waals surface area contributed by atoms with Gasteiger partial charge in [0.25, 0.3) is 0 Å². The van der Waals surface area contributed by atoms with E-state index in [9.17, 15) is 0 Å². The number of anilines is 1. The van der Waals surface area contributed by atoms with Crippen LogP contribution in [0.15, 0.2) is 59.7 Å². The Morgan fingerprint density at radius 1 is 1.00 bits per heavy atom. The molecule has 0 saturated heterocycles. The molecule has 0 fully saturated rings. The van der Waals surface area contributed by atoms with Gasteiger partial charge in [0.05, 0.1) is 12.8 Å². The van der Waals surface area contributed by atoms with E-state index < -0.39 is 0 Å². The van der Waals surface area contributed by atoms with Crippen molar-refractivity contribution in [3.8, 4) is 5.88 Å². The summed E-state index contributed by atoms with van der Waals surface area (Å²) in [7, 11) is 1.86. The highest BCUT2D eigenvalue weighted by Gasteiger charge is 2.12. The zero-order chi connectivity index (χ0) is 16.1. The van der Waals surface area contributed by atoms with E-state index in [1.54, 1.807) is 11.2 Å². The molecule has 3 rings (SSSR count). The zero-order valence-electron chi connectivity index (χ0n) is 13.2. The van der Waals surface area contributed by atoms with E-state index in [1.807, 2.05) is 68.6 Å². The van der Waals surface area contributed by atoms with Gasteiger partial charge in [-0.15, -0.1) is 10.2 Å². The first-order valence-electron chi connectivity index (χ1n) is 7.50. The molecule has 0 aliphatic carbocycles. The van der Waals surface area contributed by atoms with E-state index in [1.165, 1.54) is 0 Å². The van der Waals surface area contributed by atoms with Gasteiger partial charge in [-0.3, -0.25) is 0 Å². The van der Waals surface area contributed by atoms with Crippen molar-refractivity contribution < 1.29 is 4.74 Å². The Morgan fingerprint density at radius 3 is 2.43 bits per heavy atom. The number of nitrogens with zero attached hydrogens (tertiary/aromatic N) is 4. The van der Waals surface area contributed by atoms with Crippen molar-refractivity contribution in [1.82, 2.24) is 10.2 Å². The molecular weight excluding hydrogens is 288 g/mol. The summed E-state index contributed by atoms with van der Waals surface area (Å²) in [5.41, 5.74) is 1.03. The number of aromatic nitrogens is 2. The molecule has 0 N–H and O–H groups in total. The summed E-state index contributed by atoms with van der Waals surface area (Å²) >= 11 is 0. The normalized spacial score (nSPS) is 11.0. The van der Waals surface area contributed by atoms with Gasteiger partial charge in [-0.2, -0.15) is 5.10 Å². The van der Waals surface area contributed by atoms with Gasteiger partial charge < -0.3 is 4.74 Å². The number of hydrogen-bond acceptors (Lipinski definition) is 5. The molecule has 0 unspecified atom stereocenters. The topological polar surface area (TPSA) is 50.6 Å². The van der Waals surface area contributed by atoms with Crippen LogP contribution in [0.3, 0.4) is 0 Å². The monoisotopic (exact) mass is 306 g/mol. The molecule has 0 bridgehead atoms. The van der Waals surface area contributed by atoms with Gasteiger partial charge in [-0.05, 0) is 18.6 Å². The van der Waals surface area contributed by atoms with Crippen LogP contribution in [-0.4, -0.2) is 30.1 Å². The molecule has 0 saturated carbocycles. The number of rotatable bonds is 5. The molecule has 116 valence electrons. The Balaban J connectivity index is 1.96. The molecule has 0 aliphatic heterocycles. The largest absolute Gasteiger partial charge is 0.476 e. The van der Waals surface area contributed by atoms with Crippen LogP contribution in [0.2, 0.25) is 0 Å². The Morgan fingerprint density at radius 2 is 1.70 bits per heavy atom. The fourth-order valence-corrected chi connectivity index (χ4v) is 2.29. The summed E-state index contributed by atoms with van der Waals surface area (Å²) in [6.45, 7) is 2.49. The van der Waals surface area contributed by atoms with Crippen LogP contribution in [0, 0.1) is 0 Å². The van der Waals surface area contributed by atoms with Crippen molar-refractivity contribution in [1.29, 1.82) is 0 Å². The van der Waals surface area contributed by atoms with E-state index in [2.05, 4.69) is 15.3 Å². The van der Waals surface area contributed by atoms with Gasteiger partial charge in [0.2, 0.25) is 5.88 Å². The lowest BCUT2D eigenvalue weighted by Crippen LogP contribution is -2.12. The average Bonchev–Trinajstić information content (AvgIpc) is 2.61. The lowest BCUT2D eigenvalue weighted by molar-refractivity contribution is 0.327. The SMILES string of the molecule is CCOc1nnc(N(C)/N=C/c2ccccc2)c2ccccc12. The quantitative estimate of drug-likeness (QED) is 0.535. The van der Waals surface area contributed by atoms with Crippen LogP contribution in [-0.2, 0) is 0 Å². The summed E-state index contributed by atoms with van der Waals surface area (Å²) in [4.78, 5) is 0. The Kier molecular flexibility index (Phi) is 4.47. The van der Waals surface area contributed by atoms with Crippen molar-refractivity contribution in [3.05, 3.63) is 60.2 Å². The third-order valence-electron chi connectivity index (χ3n) is 3.40. The van der Waals surface area contributed by atoms with Crippen molar-refractivity contribution in [2.45, 2.75) is 6.92 Å². The van der Waals surface area contributed by atoms with Gasteiger partial charge in [0, 0.05) is 17.8 Å². The van der Waals surface area contributed by atoms with Crippen LogP contribution in [0.25, 0.3) is 10.8 Å². The number of benzene rings is 2. The Labute approximate surface area is 135 Å². The molecular formula is C18H18N4O. The minimum atomic E-state index is 0.548. The molecule has 23 heavy (non-hydrogen) atoms. The van der Waals surface area contributed by atoms with Gasteiger partial charge in [-0.1, -0.05) is 48.5 Å². The van der Waals surface area contributed by atoms with Crippen LogP contribution in [0.5, 0.6) is 5.88 Å². The predicted molar refractivity (Wildman–Crippen MR) is 93.1 cm³/mol. The van der Waals surface area contributed by atoms with Crippen molar-refractivity contribution in [3.63, 3.8) is 0 Å².